The van der Waals surface area contributed by atoms with Crippen LogP contribution >= 0.6 is 0 Å². The van der Waals surface area contributed by atoms with Gasteiger partial charge in [0.25, 0.3) is 0 Å². The Balaban J connectivity index is 1.38. The van der Waals surface area contributed by atoms with E-state index in [9.17, 15) is 0 Å². The molecule has 1 aromatic carbocycles. The van der Waals surface area contributed by atoms with Gasteiger partial charge in [-0.05, 0) is 42.9 Å². The van der Waals surface area contributed by atoms with Crippen LogP contribution in [0.15, 0.2) is 42.7 Å². The van der Waals surface area contributed by atoms with Crippen LogP contribution in [0.4, 0.5) is 0 Å². The second kappa shape index (κ2) is 5.57. The van der Waals surface area contributed by atoms with Crippen LogP contribution in [0.3, 0.4) is 0 Å². The third-order valence-corrected chi connectivity index (χ3v) is 4.01. The summed E-state index contributed by atoms with van der Waals surface area (Å²) < 4.78 is 1.87. The number of benzene rings is 1. The molecule has 19 heavy (non-hydrogen) atoms. The van der Waals surface area contributed by atoms with E-state index in [-0.39, 0.29) is 0 Å². The monoisotopic (exact) mass is 255 g/mol. The lowest BCUT2D eigenvalue weighted by atomic mass is 9.76. The standard InChI is InChI=1S/C16H21N3/c1-19-12-13(11-18-19)7-8-17-16-9-15(10-16)14-5-3-2-4-6-14/h2-6,11-12,15-17H,7-10H2,1H3. The van der Waals surface area contributed by atoms with Crippen molar-refractivity contribution < 1.29 is 0 Å². The fourth-order valence-corrected chi connectivity index (χ4v) is 2.80. The molecule has 100 valence electrons. The van der Waals surface area contributed by atoms with E-state index in [2.05, 4.69) is 46.9 Å². The molecular formula is C16H21N3. The largest absolute Gasteiger partial charge is 0.314 e. The van der Waals surface area contributed by atoms with Crippen molar-refractivity contribution in [3.05, 3.63) is 53.9 Å². The zero-order valence-corrected chi connectivity index (χ0v) is 11.4. The molecule has 1 heterocycles. The summed E-state index contributed by atoms with van der Waals surface area (Å²) >= 11 is 0. The molecule has 0 aliphatic heterocycles. The fraction of sp³-hybridized carbons (Fsp3) is 0.438. The first kappa shape index (κ1) is 12.4. The molecule has 0 atom stereocenters. The Kier molecular flexibility index (Phi) is 3.65. The number of aromatic nitrogens is 2. The van der Waals surface area contributed by atoms with Crippen molar-refractivity contribution in [2.45, 2.75) is 31.2 Å². The van der Waals surface area contributed by atoms with Gasteiger partial charge < -0.3 is 5.32 Å². The molecular weight excluding hydrogens is 234 g/mol. The first-order valence-corrected chi connectivity index (χ1v) is 7.07. The molecule has 3 nitrogen and oxygen atoms in total. The van der Waals surface area contributed by atoms with E-state index < -0.39 is 0 Å². The van der Waals surface area contributed by atoms with Gasteiger partial charge in [0.15, 0.2) is 0 Å². The van der Waals surface area contributed by atoms with Crippen LogP contribution in [0.1, 0.15) is 29.9 Å². The minimum Gasteiger partial charge on any atom is -0.314 e. The average Bonchev–Trinajstić information content (AvgIpc) is 2.79. The van der Waals surface area contributed by atoms with E-state index in [0.717, 1.165) is 18.9 Å². The second-order valence-corrected chi connectivity index (χ2v) is 5.50. The second-order valence-electron chi connectivity index (χ2n) is 5.50. The lowest BCUT2D eigenvalue weighted by molar-refractivity contribution is 0.293. The van der Waals surface area contributed by atoms with Gasteiger partial charge in [0.2, 0.25) is 0 Å². The van der Waals surface area contributed by atoms with Gasteiger partial charge in [0, 0.05) is 19.3 Å². The normalized spacial score (nSPS) is 22.2. The van der Waals surface area contributed by atoms with Gasteiger partial charge in [-0.2, -0.15) is 5.10 Å². The Morgan fingerprint density at radius 2 is 2.05 bits per heavy atom. The predicted octanol–water partition coefficient (Wildman–Crippen LogP) is 2.50. The molecule has 1 saturated carbocycles. The minimum atomic E-state index is 0.696. The Bertz CT molecular complexity index is 512. The molecule has 0 radical (unpaired) electrons. The van der Waals surface area contributed by atoms with E-state index in [0.29, 0.717) is 6.04 Å². The highest BCUT2D eigenvalue weighted by atomic mass is 15.2. The zero-order chi connectivity index (χ0) is 13.1. The Morgan fingerprint density at radius 3 is 2.74 bits per heavy atom. The fourth-order valence-electron chi connectivity index (χ4n) is 2.80. The van der Waals surface area contributed by atoms with Gasteiger partial charge >= 0.3 is 0 Å². The summed E-state index contributed by atoms with van der Waals surface area (Å²) in [5.41, 5.74) is 2.81. The molecule has 0 bridgehead atoms. The first-order chi connectivity index (χ1) is 9.31. The van der Waals surface area contributed by atoms with Gasteiger partial charge in [-0.3, -0.25) is 4.68 Å². The smallest absolute Gasteiger partial charge is 0.0522 e. The summed E-state index contributed by atoms with van der Waals surface area (Å²) in [7, 11) is 1.97. The Labute approximate surface area is 114 Å². The molecule has 1 aliphatic rings. The van der Waals surface area contributed by atoms with Crippen molar-refractivity contribution >= 4 is 0 Å². The number of rotatable bonds is 5. The highest BCUT2D eigenvalue weighted by Gasteiger charge is 2.29. The minimum absolute atomic E-state index is 0.696. The van der Waals surface area contributed by atoms with Crippen LogP contribution in [-0.4, -0.2) is 22.4 Å². The third kappa shape index (κ3) is 3.04. The van der Waals surface area contributed by atoms with Gasteiger partial charge in [0.1, 0.15) is 0 Å². The molecule has 1 aliphatic carbocycles. The topological polar surface area (TPSA) is 29.9 Å². The number of nitrogens with one attached hydrogen (secondary N) is 1. The van der Waals surface area contributed by atoms with E-state index in [1.165, 1.54) is 24.0 Å². The molecule has 3 heteroatoms. The van der Waals surface area contributed by atoms with Crippen molar-refractivity contribution in [3.8, 4) is 0 Å². The van der Waals surface area contributed by atoms with Crippen LogP contribution < -0.4 is 5.32 Å². The molecule has 0 amide bonds. The number of hydrogen-bond donors (Lipinski definition) is 1. The quantitative estimate of drug-likeness (QED) is 0.889. The predicted molar refractivity (Wildman–Crippen MR) is 77.1 cm³/mol. The first-order valence-electron chi connectivity index (χ1n) is 7.07. The highest BCUT2D eigenvalue weighted by molar-refractivity contribution is 5.22. The van der Waals surface area contributed by atoms with Crippen molar-refractivity contribution in [3.63, 3.8) is 0 Å². The van der Waals surface area contributed by atoms with Gasteiger partial charge in [-0.1, -0.05) is 30.3 Å². The van der Waals surface area contributed by atoms with E-state index >= 15 is 0 Å². The molecule has 0 unspecified atom stereocenters. The van der Waals surface area contributed by atoms with Crippen molar-refractivity contribution in [2.75, 3.05) is 6.54 Å². The summed E-state index contributed by atoms with van der Waals surface area (Å²) in [6.45, 7) is 1.05. The van der Waals surface area contributed by atoms with E-state index in [1.807, 2.05) is 17.9 Å². The van der Waals surface area contributed by atoms with Gasteiger partial charge in [0.05, 0.1) is 6.20 Å². The molecule has 0 spiro atoms. The Hall–Kier alpha value is -1.61. The zero-order valence-electron chi connectivity index (χ0n) is 11.4. The highest BCUT2D eigenvalue weighted by Crippen LogP contribution is 2.36. The van der Waals surface area contributed by atoms with E-state index in [4.69, 9.17) is 0 Å². The molecule has 1 fully saturated rings. The maximum Gasteiger partial charge on any atom is 0.0522 e. The van der Waals surface area contributed by atoms with Crippen LogP contribution in [0, 0.1) is 0 Å². The van der Waals surface area contributed by atoms with E-state index in [1.54, 1.807) is 0 Å². The number of nitrogens with zero attached hydrogens (tertiary/aromatic N) is 2. The maximum absolute atomic E-state index is 4.19. The molecule has 3 rings (SSSR count). The summed E-state index contributed by atoms with van der Waals surface area (Å²) in [4.78, 5) is 0. The van der Waals surface area contributed by atoms with Crippen molar-refractivity contribution in [1.29, 1.82) is 0 Å². The SMILES string of the molecule is Cn1cc(CCNC2CC(c3ccccc3)C2)cn1. The molecule has 1 aromatic heterocycles. The lowest BCUT2D eigenvalue weighted by Gasteiger charge is -2.36. The number of aryl methyl sites for hydroxylation is 1. The van der Waals surface area contributed by atoms with Gasteiger partial charge in [-0.15, -0.1) is 0 Å². The summed E-state index contributed by atoms with van der Waals surface area (Å²) in [6.07, 6.45) is 7.67. The lowest BCUT2D eigenvalue weighted by Crippen LogP contribution is -2.40. The molecule has 0 saturated heterocycles. The Morgan fingerprint density at radius 1 is 1.26 bits per heavy atom. The third-order valence-electron chi connectivity index (χ3n) is 4.01. The summed E-state index contributed by atoms with van der Waals surface area (Å²) in [6, 6.07) is 11.6. The average molecular weight is 255 g/mol. The van der Waals surface area contributed by atoms with Gasteiger partial charge in [-0.25, -0.2) is 0 Å². The van der Waals surface area contributed by atoms with Crippen LogP contribution in [0.25, 0.3) is 0 Å². The summed E-state index contributed by atoms with van der Waals surface area (Å²) in [5, 5.41) is 7.83. The van der Waals surface area contributed by atoms with Crippen molar-refractivity contribution in [2.24, 2.45) is 7.05 Å². The van der Waals surface area contributed by atoms with Crippen LogP contribution in [0.2, 0.25) is 0 Å². The summed E-state index contributed by atoms with van der Waals surface area (Å²) in [5.74, 6) is 0.761. The van der Waals surface area contributed by atoms with Crippen LogP contribution in [-0.2, 0) is 13.5 Å². The van der Waals surface area contributed by atoms with Crippen molar-refractivity contribution in [1.82, 2.24) is 15.1 Å². The molecule has 2 aromatic rings. The maximum atomic E-state index is 4.19. The molecule has 1 N–H and O–H groups in total. The number of hydrogen-bond acceptors (Lipinski definition) is 2. The van der Waals surface area contributed by atoms with Crippen LogP contribution in [0.5, 0.6) is 0 Å².